The van der Waals surface area contributed by atoms with Crippen LogP contribution in [0.15, 0.2) is 15.9 Å². The minimum absolute atomic E-state index is 0.746. The second-order valence-corrected chi connectivity index (χ2v) is 6.04. The first-order valence-electron chi connectivity index (χ1n) is 5.22. The van der Waals surface area contributed by atoms with Crippen LogP contribution in [0.3, 0.4) is 0 Å². The predicted molar refractivity (Wildman–Crippen MR) is 65.7 cm³/mol. The third-order valence-corrected chi connectivity index (χ3v) is 4.72. The Hall–Kier alpha value is 0.140. The Morgan fingerprint density at radius 1 is 1.57 bits per heavy atom. The molecule has 0 aliphatic heterocycles. The van der Waals surface area contributed by atoms with Gasteiger partial charge in [0.1, 0.15) is 0 Å². The summed E-state index contributed by atoms with van der Waals surface area (Å²) >= 11 is 5.30. The zero-order valence-corrected chi connectivity index (χ0v) is 10.8. The summed E-state index contributed by atoms with van der Waals surface area (Å²) < 4.78 is 1.21. The highest BCUT2D eigenvalue weighted by molar-refractivity contribution is 9.10. The minimum atomic E-state index is 0.746. The van der Waals surface area contributed by atoms with Gasteiger partial charge in [-0.15, -0.1) is 11.3 Å². The van der Waals surface area contributed by atoms with E-state index in [-0.39, 0.29) is 0 Å². The van der Waals surface area contributed by atoms with Gasteiger partial charge >= 0.3 is 0 Å². The molecule has 0 radical (unpaired) electrons. The van der Waals surface area contributed by atoms with Crippen LogP contribution in [0.1, 0.15) is 31.1 Å². The largest absolute Gasteiger partial charge is 0.309 e. The van der Waals surface area contributed by atoms with E-state index < -0.39 is 0 Å². The molecule has 0 saturated heterocycles. The molecule has 1 saturated carbocycles. The minimum Gasteiger partial charge on any atom is -0.309 e. The molecule has 1 aromatic heterocycles. The Morgan fingerprint density at radius 2 is 2.43 bits per heavy atom. The number of thiophene rings is 1. The summed E-state index contributed by atoms with van der Waals surface area (Å²) in [5.41, 5.74) is 0. The van der Waals surface area contributed by atoms with Gasteiger partial charge in [0, 0.05) is 27.3 Å². The Labute approximate surface area is 98.0 Å². The molecule has 78 valence electrons. The smallest absolute Gasteiger partial charge is 0.0302 e. The molecule has 0 spiro atoms. The van der Waals surface area contributed by atoms with Crippen LogP contribution >= 0.6 is 27.3 Å². The monoisotopic (exact) mass is 273 g/mol. The van der Waals surface area contributed by atoms with E-state index in [1.807, 2.05) is 11.3 Å². The molecule has 0 unspecified atom stereocenters. The summed E-state index contributed by atoms with van der Waals surface area (Å²) in [5.74, 6) is 0.860. The molecule has 14 heavy (non-hydrogen) atoms. The fraction of sp³-hybridized carbons (Fsp3) is 0.636. The van der Waals surface area contributed by atoms with Gasteiger partial charge in [0.05, 0.1) is 0 Å². The molecule has 1 fully saturated rings. The first kappa shape index (κ1) is 10.7. The second-order valence-electron chi connectivity index (χ2n) is 4.13. The standard InChI is InChI=1S/C11H16BrNS/c1-8-3-2-4-11(8)13-6-10-5-9(12)7-14-10/h5,7-8,11,13H,2-4,6H2,1H3/t8-,11-/m1/s1. The maximum absolute atomic E-state index is 3.65. The van der Waals surface area contributed by atoms with Crippen LogP contribution in [0.2, 0.25) is 0 Å². The van der Waals surface area contributed by atoms with E-state index in [1.165, 1.54) is 28.6 Å². The molecule has 0 amide bonds. The molecule has 1 aliphatic rings. The highest BCUT2D eigenvalue weighted by Gasteiger charge is 2.22. The molecule has 1 aromatic rings. The van der Waals surface area contributed by atoms with Crippen molar-refractivity contribution in [2.24, 2.45) is 5.92 Å². The van der Waals surface area contributed by atoms with Crippen molar-refractivity contribution in [3.05, 3.63) is 20.8 Å². The first-order valence-corrected chi connectivity index (χ1v) is 6.89. The molecule has 1 aliphatic carbocycles. The van der Waals surface area contributed by atoms with Crippen molar-refractivity contribution in [2.75, 3.05) is 0 Å². The van der Waals surface area contributed by atoms with E-state index in [1.54, 1.807) is 0 Å². The molecule has 1 heterocycles. The van der Waals surface area contributed by atoms with Gasteiger partial charge in [-0.1, -0.05) is 13.3 Å². The van der Waals surface area contributed by atoms with Crippen molar-refractivity contribution in [1.29, 1.82) is 0 Å². The number of nitrogens with one attached hydrogen (secondary N) is 1. The zero-order chi connectivity index (χ0) is 9.97. The van der Waals surface area contributed by atoms with Gasteiger partial charge in [-0.25, -0.2) is 0 Å². The Bertz CT molecular complexity index is 297. The van der Waals surface area contributed by atoms with Gasteiger partial charge in [-0.2, -0.15) is 0 Å². The van der Waals surface area contributed by atoms with Crippen LogP contribution in [0, 0.1) is 5.92 Å². The molecule has 3 heteroatoms. The van der Waals surface area contributed by atoms with Crippen molar-refractivity contribution in [3.63, 3.8) is 0 Å². The van der Waals surface area contributed by atoms with Crippen molar-refractivity contribution >= 4 is 27.3 Å². The molecule has 1 N–H and O–H groups in total. The van der Waals surface area contributed by atoms with E-state index in [0.717, 1.165) is 18.5 Å². The van der Waals surface area contributed by atoms with Gasteiger partial charge in [0.25, 0.3) is 0 Å². The van der Waals surface area contributed by atoms with Crippen molar-refractivity contribution in [2.45, 2.75) is 38.8 Å². The summed E-state index contributed by atoms with van der Waals surface area (Å²) in [6, 6.07) is 2.95. The summed E-state index contributed by atoms with van der Waals surface area (Å²) in [5, 5.41) is 5.80. The predicted octanol–water partition coefficient (Wildman–Crippen LogP) is 3.79. The summed E-state index contributed by atoms with van der Waals surface area (Å²) in [4.78, 5) is 1.43. The fourth-order valence-electron chi connectivity index (χ4n) is 2.13. The quantitative estimate of drug-likeness (QED) is 0.884. The van der Waals surface area contributed by atoms with E-state index in [4.69, 9.17) is 0 Å². The van der Waals surface area contributed by atoms with Crippen LogP contribution in [-0.4, -0.2) is 6.04 Å². The Balaban J connectivity index is 1.82. The van der Waals surface area contributed by atoms with E-state index in [9.17, 15) is 0 Å². The average molecular weight is 274 g/mol. The lowest BCUT2D eigenvalue weighted by Crippen LogP contribution is -2.30. The van der Waals surface area contributed by atoms with Gasteiger partial charge in [0.2, 0.25) is 0 Å². The second kappa shape index (κ2) is 4.77. The number of rotatable bonds is 3. The molecule has 1 nitrogen and oxygen atoms in total. The third-order valence-electron chi connectivity index (χ3n) is 3.02. The van der Waals surface area contributed by atoms with Crippen LogP contribution in [0.25, 0.3) is 0 Å². The van der Waals surface area contributed by atoms with E-state index in [0.29, 0.717) is 0 Å². The third kappa shape index (κ3) is 2.59. The SMILES string of the molecule is C[C@@H]1CCC[C@H]1NCc1cc(Br)cs1. The average Bonchev–Trinajstić information content (AvgIpc) is 2.72. The normalized spacial score (nSPS) is 27.0. The van der Waals surface area contributed by atoms with Crippen molar-refractivity contribution in [1.82, 2.24) is 5.32 Å². The molecular weight excluding hydrogens is 258 g/mol. The van der Waals surface area contributed by atoms with Crippen LogP contribution in [-0.2, 0) is 6.54 Å². The van der Waals surface area contributed by atoms with Crippen LogP contribution < -0.4 is 5.32 Å². The van der Waals surface area contributed by atoms with Gasteiger partial charge in [-0.05, 0) is 40.8 Å². The fourth-order valence-corrected chi connectivity index (χ4v) is 3.53. The summed E-state index contributed by atoms with van der Waals surface area (Å²) in [6.45, 7) is 3.39. The maximum Gasteiger partial charge on any atom is 0.0302 e. The first-order chi connectivity index (χ1) is 6.75. The van der Waals surface area contributed by atoms with E-state index in [2.05, 4.69) is 39.6 Å². The molecule has 2 rings (SSSR count). The molecule has 0 bridgehead atoms. The van der Waals surface area contributed by atoms with Crippen molar-refractivity contribution < 1.29 is 0 Å². The molecule has 2 atom stereocenters. The number of hydrogen-bond acceptors (Lipinski definition) is 2. The van der Waals surface area contributed by atoms with E-state index >= 15 is 0 Å². The lowest BCUT2D eigenvalue weighted by molar-refractivity contribution is 0.427. The zero-order valence-electron chi connectivity index (χ0n) is 8.42. The van der Waals surface area contributed by atoms with Crippen molar-refractivity contribution in [3.8, 4) is 0 Å². The van der Waals surface area contributed by atoms with Crippen LogP contribution in [0.5, 0.6) is 0 Å². The summed E-state index contributed by atoms with van der Waals surface area (Å²) in [6.07, 6.45) is 4.15. The Kier molecular flexibility index (Phi) is 3.63. The highest BCUT2D eigenvalue weighted by Crippen LogP contribution is 2.26. The number of halogens is 1. The maximum atomic E-state index is 3.65. The topological polar surface area (TPSA) is 12.0 Å². The lowest BCUT2D eigenvalue weighted by atomic mass is 10.1. The number of hydrogen-bond donors (Lipinski definition) is 1. The Morgan fingerprint density at radius 3 is 3.00 bits per heavy atom. The lowest BCUT2D eigenvalue weighted by Gasteiger charge is -2.16. The van der Waals surface area contributed by atoms with Gasteiger partial charge < -0.3 is 5.32 Å². The molecule has 0 aromatic carbocycles. The van der Waals surface area contributed by atoms with Gasteiger partial charge in [0.15, 0.2) is 0 Å². The van der Waals surface area contributed by atoms with Gasteiger partial charge in [-0.3, -0.25) is 0 Å². The van der Waals surface area contributed by atoms with Crippen LogP contribution in [0.4, 0.5) is 0 Å². The highest BCUT2D eigenvalue weighted by atomic mass is 79.9. The summed E-state index contributed by atoms with van der Waals surface area (Å²) in [7, 11) is 0. The molecular formula is C11H16BrNS.